The Morgan fingerprint density at radius 2 is 0.535 bits per heavy atom. The zero-order chi connectivity index (χ0) is 91.6. The zero-order valence-electron chi connectivity index (χ0n) is 75.9. The summed E-state index contributed by atoms with van der Waals surface area (Å²) in [6.07, 6.45) is 12.0. The van der Waals surface area contributed by atoms with E-state index in [2.05, 4.69) is 345 Å². The van der Waals surface area contributed by atoms with Crippen molar-refractivity contribution < 1.29 is 75.5 Å². The van der Waals surface area contributed by atoms with Gasteiger partial charge in [-0.25, -0.2) is 15.0 Å². The van der Waals surface area contributed by atoms with Gasteiger partial charge in [0.2, 0.25) is 0 Å². The van der Waals surface area contributed by atoms with Crippen LogP contribution in [0.1, 0.15) is 26.3 Å². The second-order valence-electron chi connectivity index (χ2n) is 36.7. The molecule has 0 fully saturated rings. The van der Waals surface area contributed by atoms with Gasteiger partial charge in [0, 0.05) is 154 Å². The number of hydrogen-bond acceptors (Lipinski definition) is 9. The van der Waals surface area contributed by atoms with E-state index in [9.17, 15) is 0 Å². The Balaban J connectivity index is 0.000000108. The van der Waals surface area contributed by atoms with Gasteiger partial charge in [-0.2, -0.15) is 18.2 Å². The minimum absolute atomic E-state index is 0. The van der Waals surface area contributed by atoms with E-state index in [0.717, 1.165) is 182 Å². The van der Waals surface area contributed by atoms with E-state index >= 15 is 0 Å². The van der Waals surface area contributed by atoms with Gasteiger partial charge in [0.1, 0.15) is 16.9 Å². The van der Waals surface area contributed by atoms with Crippen LogP contribution in [0.4, 0.5) is 0 Å². The van der Waals surface area contributed by atoms with E-state index in [0.29, 0.717) is 34.5 Å². The quantitative estimate of drug-likeness (QED) is 0.0746. The fourth-order valence-electron chi connectivity index (χ4n) is 21.7. The Morgan fingerprint density at radius 3 is 0.937 bits per heavy atom. The molecule has 18 heteroatoms. The van der Waals surface area contributed by atoms with E-state index < -0.39 is 0 Å². The zero-order valence-corrected chi connectivity index (χ0v) is 80.6. The third-order valence-electron chi connectivity index (χ3n) is 27.8. The number of pyridine rings is 6. The molecule has 0 N–H and O–H groups in total. The van der Waals surface area contributed by atoms with Crippen LogP contribution in [-0.4, -0.2) is 56.3 Å². The summed E-state index contributed by atoms with van der Waals surface area (Å²) in [4.78, 5) is 29.9. The van der Waals surface area contributed by atoms with Crippen LogP contribution in [0.15, 0.2) is 383 Å². The van der Waals surface area contributed by atoms with Crippen molar-refractivity contribution in [3.8, 4) is 79.4 Å². The third kappa shape index (κ3) is 13.3. The van der Waals surface area contributed by atoms with Crippen molar-refractivity contribution in [2.24, 2.45) is 0 Å². The van der Waals surface area contributed by atoms with Crippen LogP contribution in [-0.2, 0) is 66.7 Å². The molecule has 0 aliphatic carbocycles. The maximum atomic E-state index is 6.56. The van der Waals surface area contributed by atoms with Gasteiger partial charge in [0.15, 0.2) is 0 Å². The van der Waals surface area contributed by atoms with E-state index in [1.807, 2.05) is 122 Å². The maximum absolute atomic E-state index is 6.56. The monoisotopic (exact) mass is 2090 g/mol. The predicted molar refractivity (Wildman–Crippen MR) is 561 cm³/mol. The second-order valence-corrected chi connectivity index (χ2v) is 36.7. The van der Waals surface area contributed by atoms with Crippen molar-refractivity contribution in [1.82, 2.24) is 56.3 Å². The molecule has 0 unspecified atom stereocenters. The molecule has 15 aromatic heterocycles. The molecule has 142 heavy (non-hydrogen) atoms. The number of fused-ring (bicyclic) bond motifs is 36. The summed E-state index contributed by atoms with van der Waals surface area (Å²) < 4.78 is 32.8. The third-order valence-corrected chi connectivity index (χ3v) is 27.8. The molecule has 0 atom stereocenters. The number of benzene rings is 16. The van der Waals surface area contributed by atoms with Gasteiger partial charge in [0.05, 0.1) is 34.0 Å². The van der Waals surface area contributed by atoms with Crippen LogP contribution >= 0.6 is 0 Å². The number of hydrogen-bond donors (Lipinski definition) is 0. The maximum Gasteiger partial charge on any atom is 2.00 e. The number of nitrogens with zero attached hydrogens (tertiary/aromatic N) is 12. The molecule has 676 valence electrons. The van der Waals surface area contributed by atoms with E-state index in [-0.39, 0.29) is 66.7 Å². The first kappa shape index (κ1) is 85.8. The summed E-state index contributed by atoms with van der Waals surface area (Å²) >= 11 is 0. The van der Waals surface area contributed by atoms with Crippen LogP contribution < -0.4 is 14.2 Å². The molecule has 15 nitrogen and oxygen atoms in total. The minimum Gasteiger partial charge on any atom is -0.503 e. The molecule has 0 saturated heterocycles. The van der Waals surface area contributed by atoms with Gasteiger partial charge < -0.3 is 40.6 Å². The average molecular weight is 2100 g/mol. The van der Waals surface area contributed by atoms with Crippen LogP contribution in [0, 0.1) is 36.4 Å². The summed E-state index contributed by atoms with van der Waals surface area (Å²) in [5.74, 6) is 3.69. The summed E-state index contributed by atoms with van der Waals surface area (Å²) in [5.41, 5.74) is 24.5. The molecule has 15 heterocycles. The fraction of sp³-hybridized carbons (Fsp3) is 0.0323. The van der Waals surface area contributed by atoms with Crippen molar-refractivity contribution in [2.75, 3.05) is 0 Å². The molecule has 0 saturated carbocycles. The number of aromatic nitrogens is 12. The second kappa shape index (κ2) is 33.3. The Morgan fingerprint density at radius 1 is 0.232 bits per heavy atom. The van der Waals surface area contributed by atoms with Crippen molar-refractivity contribution in [3.63, 3.8) is 0 Å². The SMILES string of the molecule is CC(C)(C)c1ccnc2c1c1cccc3c4ccc(Oc5[c-]c6c(cc5)c5ccccc5n5cc(-c7ccccc7)nc65)[c-]c4n2c31.[Pd+2].[Pd+2].[Pd+2].[c-]1c(Oc2[c-]c3c(cc2)c2cccc4c5c(-c6ccccc6)ccnc5n3c24)ccc2c1c1nc(-c3ccccc3)cn1c1ccccc21.[c-]1c(Oc2[c-]c3c(cc2)c2cccc4c5cccnc5n3c24)ccc2c1c1nc(-c3ccccc3)cn1c1ccccc21. The first-order chi connectivity index (χ1) is 68.5. The summed E-state index contributed by atoms with van der Waals surface area (Å²) in [6, 6.07) is 141. The van der Waals surface area contributed by atoms with Crippen molar-refractivity contribution in [2.45, 2.75) is 26.2 Å². The molecule has 31 rings (SSSR count). The van der Waals surface area contributed by atoms with Gasteiger partial charge in [-0.15, -0.1) is 89.0 Å². The van der Waals surface area contributed by atoms with Gasteiger partial charge >= 0.3 is 61.3 Å². The van der Waals surface area contributed by atoms with Crippen molar-refractivity contribution >= 4 is 197 Å². The molecule has 0 amide bonds. The number of imidazole rings is 3. The van der Waals surface area contributed by atoms with Crippen LogP contribution in [0.3, 0.4) is 0 Å². The summed E-state index contributed by atoms with van der Waals surface area (Å²) in [7, 11) is 0. The summed E-state index contributed by atoms with van der Waals surface area (Å²) in [6.45, 7) is 6.78. The average Bonchev–Trinajstić information content (AvgIpc) is 1.53. The van der Waals surface area contributed by atoms with Crippen LogP contribution in [0.25, 0.3) is 242 Å². The van der Waals surface area contributed by atoms with E-state index in [1.54, 1.807) is 0 Å². The van der Waals surface area contributed by atoms with Gasteiger partial charge in [-0.05, 0) is 96.9 Å². The van der Waals surface area contributed by atoms with Gasteiger partial charge in [-0.1, -0.05) is 318 Å². The topological polar surface area (TPSA) is 131 Å². The standard InChI is InChI=1S/C44H24N4O.C42H28N4O.C38H20N4O.3Pd/c1-3-10-27(11-4-1)31-22-23-45-44-41(31)36-16-9-15-35-34-21-19-30(25-40(34)48(44)42(35)36)49-29-18-20-32-33-14-7-8-17-39(33)47-26-38(28-12-5-2-6-13-28)46-43(47)37(32)24-29;1-42(2,3)34-20-21-43-41-38(34)32-14-9-13-31-30-19-17-27(23-37(30)46(41)39(31)32)47-26-16-18-28-29-12-7-8-15-36(29)45-24-35(25-10-5-4-6-11-25)44-40(45)33(28)22-26;1-2-8-23(9-3-1)33-22-41-34-14-5-4-10-27(34)26-17-15-24(20-32(26)38(41)40-33)43-25-16-18-28-29-11-6-12-30-31-13-7-19-39-37(31)42(36(29)30)35(28)21-25;;;/h1-23,26H;4-21,24H,1-3H3;1-19,22H;;;/q3*-2;3*+2. The normalized spacial score (nSPS) is 12.0. The molecular weight excluding hydrogens is 2020 g/mol. The van der Waals surface area contributed by atoms with E-state index in [1.165, 1.54) is 65.4 Å². The van der Waals surface area contributed by atoms with Crippen molar-refractivity contribution in [3.05, 3.63) is 425 Å². The molecule has 31 aromatic rings. The fourth-order valence-corrected chi connectivity index (χ4v) is 21.7. The summed E-state index contributed by atoms with van der Waals surface area (Å²) in [5, 5.41) is 23.4. The molecule has 0 radical (unpaired) electrons. The van der Waals surface area contributed by atoms with Crippen LogP contribution in [0.2, 0.25) is 0 Å². The molecule has 16 aromatic carbocycles. The first-order valence-electron chi connectivity index (χ1n) is 46.5. The van der Waals surface area contributed by atoms with Crippen molar-refractivity contribution in [1.29, 1.82) is 0 Å². The van der Waals surface area contributed by atoms with E-state index in [4.69, 9.17) is 44.1 Å². The first-order valence-corrected chi connectivity index (χ1v) is 46.5. The predicted octanol–water partition coefficient (Wildman–Crippen LogP) is 30.7. The van der Waals surface area contributed by atoms with Crippen LogP contribution in [0.5, 0.6) is 34.5 Å². The smallest absolute Gasteiger partial charge is 0.503 e. The minimum atomic E-state index is -0.0214. The molecule has 0 aliphatic heterocycles. The number of para-hydroxylation sites is 6. The molecule has 0 spiro atoms. The Kier molecular flexibility index (Phi) is 20.1. The molecular formula is C124H72N12O3Pd3. The Bertz CT molecular complexity index is 10500. The molecule has 0 bridgehead atoms. The van der Waals surface area contributed by atoms with Gasteiger partial charge in [-0.3, -0.25) is 15.0 Å². The largest absolute Gasteiger partial charge is 2.00 e. The number of ether oxygens (including phenoxy) is 3. The van der Waals surface area contributed by atoms with Gasteiger partial charge in [0.25, 0.3) is 0 Å². The molecule has 0 aliphatic rings. The Hall–Kier alpha value is -16.6. The number of rotatable bonds is 10. The Labute approximate surface area is 851 Å².